The van der Waals surface area contributed by atoms with Gasteiger partial charge in [-0.3, -0.25) is 0 Å². The van der Waals surface area contributed by atoms with Crippen LogP contribution in [0.3, 0.4) is 0 Å². The molecule has 74 valence electrons. The zero-order chi connectivity index (χ0) is 9.73. The van der Waals surface area contributed by atoms with Crippen molar-refractivity contribution in [2.24, 2.45) is 5.41 Å². The maximum absolute atomic E-state index is 5.33. The largest absolute Gasteiger partial charge is 0.465 e. The fraction of sp³-hybridized carbons (Fsp3) is 0.667. The SMILES string of the molecule is CC(C)(C)COCOc1cnsc1. The topological polar surface area (TPSA) is 31.4 Å². The molecule has 1 aromatic rings. The summed E-state index contributed by atoms with van der Waals surface area (Å²) < 4.78 is 14.5. The lowest BCUT2D eigenvalue weighted by Crippen LogP contribution is -2.16. The third-order valence-corrected chi connectivity index (χ3v) is 1.82. The van der Waals surface area contributed by atoms with Gasteiger partial charge in [-0.25, -0.2) is 0 Å². The normalized spacial score (nSPS) is 11.6. The lowest BCUT2D eigenvalue weighted by atomic mass is 9.99. The third-order valence-electron chi connectivity index (χ3n) is 1.25. The predicted octanol–water partition coefficient (Wildman–Crippen LogP) is 2.54. The van der Waals surface area contributed by atoms with Crippen LogP contribution in [0.2, 0.25) is 0 Å². The quantitative estimate of drug-likeness (QED) is 0.554. The highest BCUT2D eigenvalue weighted by atomic mass is 32.1. The molecule has 0 aliphatic rings. The molecule has 0 aliphatic carbocycles. The zero-order valence-corrected chi connectivity index (χ0v) is 9.06. The molecule has 0 spiro atoms. The Hall–Kier alpha value is -0.610. The highest BCUT2D eigenvalue weighted by Gasteiger charge is 2.09. The van der Waals surface area contributed by atoms with Crippen molar-refractivity contribution >= 4 is 11.5 Å². The van der Waals surface area contributed by atoms with Crippen molar-refractivity contribution < 1.29 is 9.47 Å². The van der Waals surface area contributed by atoms with Crippen LogP contribution in [0.5, 0.6) is 5.75 Å². The standard InChI is InChI=1S/C9H15NO2S/c1-9(2,3)6-11-7-12-8-4-10-13-5-8/h4-5H,6-7H2,1-3H3. The Labute approximate surface area is 82.8 Å². The first-order valence-electron chi connectivity index (χ1n) is 4.18. The van der Waals surface area contributed by atoms with E-state index in [1.54, 1.807) is 6.20 Å². The second kappa shape index (κ2) is 4.58. The molecule has 0 aromatic carbocycles. The van der Waals surface area contributed by atoms with Crippen LogP contribution in [0.4, 0.5) is 0 Å². The van der Waals surface area contributed by atoms with Crippen LogP contribution in [-0.2, 0) is 4.74 Å². The summed E-state index contributed by atoms with van der Waals surface area (Å²) in [5.74, 6) is 0.777. The van der Waals surface area contributed by atoms with Gasteiger partial charge in [0.2, 0.25) is 0 Å². The number of nitrogens with zero attached hydrogens (tertiary/aromatic N) is 1. The van der Waals surface area contributed by atoms with Gasteiger partial charge in [0, 0.05) is 0 Å². The van der Waals surface area contributed by atoms with E-state index >= 15 is 0 Å². The highest BCUT2D eigenvalue weighted by molar-refractivity contribution is 7.03. The minimum Gasteiger partial charge on any atom is -0.465 e. The molecule has 1 rings (SSSR count). The Morgan fingerprint density at radius 2 is 2.23 bits per heavy atom. The molecule has 0 amide bonds. The van der Waals surface area contributed by atoms with Crippen LogP contribution in [0.25, 0.3) is 0 Å². The van der Waals surface area contributed by atoms with E-state index in [0.717, 1.165) is 5.75 Å². The number of aromatic nitrogens is 1. The average molecular weight is 201 g/mol. The molecule has 0 saturated heterocycles. The summed E-state index contributed by atoms with van der Waals surface area (Å²) in [6.45, 7) is 7.37. The van der Waals surface area contributed by atoms with Gasteiger partial charge in [-0.15, -0.1) is 0 Å². The Morgan fingerprint density at radius 3 is 2.77 bits per heavy atom. The maximum Gasteiger partial charge on any atom is 0.189 e. The van der Waals surface area contributed by atoms with Crippen LogP contribution in [0, 0.1) is 5.41 Å². The Morgan fingerprint density at radius 1 is 1.46 bits per heavy atom. The van der Waals surface area contributed by atoms with E-state index in [2.05, 4.69) is 25.1 Å². The van der Waals surface area contributed by atoms with Gasteiger partial charge in [-0.2, -0.15) is 4.37 Å². The van der Waals surface area contributed by atoms with Crippen LogP contribution in [-0.4, -0.2) is 17.8 Å². The molecule has 0 aliphatic heterocycles. The molecule has 3 nitrogen and oxygen atoms in total. The minimum absolute atomic E-state index is 0.191. The van der Waals surface area contributed by atoms with E-state index in [1.165, 1.54) is 11.5 Å². The van der Waals surface area contributed by atoms with E-state index < -0.39 is 0 Å². The minimum atomic E-state index is 0.191. The van der Waals surface area contributed by atoms with Crippen molar-refractivity contribution in [2.75, 3.05) is 13.4 Å². The van der Waals surface area contributed by atoms with Crippen molar-refractivity contribution in [3.05, 3.63) is 11.6 Å². The van der Waals surface area contributed by atoms with Crippen LogP contribution in [0.15, 0.2) is 11.6 Å². The molecular formula is C9H15NO2S. The molecule has 0 N–H and O–H groups in total. The highest BCUT2D eigenvalue weighted by Crippen LogP contribution is 2.14. The van der Waals surface area contributed by atoms with E-state index in [1.807, 2.05) is 5.38 Å². The van der Waals surface area contributed by atoms with Crippen molar-refractivity contribution in [3.8, 4) is 5.75 Å². The summed E-state index contributed by atoms with van der Waals surface area (Å²) in [5, 5.41) is 1.85. The van der Waals surface area contributed by atoms with Gasteiger partial charge in [-0.05, 0) is 16.9 Å². The maximum atomic E-state index is 5.33. The molecule has 0 radical (unpaired) electrons. The summed E-state index contributed by atoms with van der Waals surface area (Å²) in [5.41, 5.74) is 0.191. The van der Waals surface area contributed by atoms with E-state index in [4.69, 9.17) is 9.47 Å². The first-order chi connectivity index (χ1) is 6.08. The molecule has 0 bridgehead atoms. The molecule has 1 heterocycles. The van der Waals surface area contributed by atoms with Gasteiger partial charge in [0.15, 0.2) is 12.5 Å². The summed E-state index contributed by atoms with van der Waals surface area (Å²) in [4.78, 5) is 0. The summed E-state index contributed by atoms with van der Waals surface area (Å²) in [6.07, 6.45) is 1.69. The molecule has 13 heavy (non-hydrogen) atoms. The lowest BCUT2D eigenvalue weighted by Gasteiger charge is -2.17. The number of rotatable bonds is 4. The molecule has 0 fully saturated rings. The van der Waals surface area contributed by atoms with Crippen molar-refractivity contribution in [1.82, 2.24) is 4.37 Å². The van der Waals surface area contributed by atoms with Gasteiger partial charge in [0.25, 0.3) is 0 Å². The van der Waals surface area contributed by atoms with Gasteiger partial charge >= 0.3 is 0 Å². The van der Waals surface area contributed by atoms with E-state index in [0.29, 0.717) is 13.4 Å². The Bertz CT molecular complexity index is 228. The molecule has 1 aromatic heterocycles. The summed E-state index contributed by atoms with van der Waals surface area (Å²) in [7, 11) is 0. The fourth-order valence-electron chi connectivity index (χ4n) is 0.724. The monoisotopic (exact) mass is 201 g/mol. The third kappa shape index (κ3) is 4.85. The second-order valence-corrected chi connectivity index (χ2v) is 4.69. The Kier molecular flexibility index (Phi) is 3.69. The first kappa shape index (κ1) is 10.5. The second-order valence-electron chi connectivity index (χ2n) is 4.03. The van der Waals surface area contributed by atoms with Gasteiger partial charge in [0.05, 0.1) is 18.2 Å². The molecule has 0 saturated carbocycles. The van der Waals surface area contributed by atoms with Gasteiger partial charge in [0.1, 0.15) is 0 Å². The van der Waals surface area contributed by atoms with Gasteiger partial charge < -0.3 is 9.47 Å². The smallest absolute Gasteiger partial charge is 0.189 e. The summed E-state index contributed by atoms with van der Waals surface area (Å²) in [6, 6.07) is 0. The number of hydrogen-bond acceptors (Lipinski definition) is 4. The molecule has 0 unspecified atom stereocenters. The van der Waals surface area contributed by atoms with E-state index in [9.17, 15) is 0 Å². The first-order valence-corrected chi connectivity index (χ1v) is 5.01. The van der Waals surface area contributed by atoms with Crippen molar-refractivity contribution in [1.29, 1.82) is 0 Å². The van der Waals surface area contributed by atoms with E-state index in [-0.39, 0.29) is 5.41 Å². The zero-order valence-electron chi connectivity index (χ0n) is 8.24. The molecule has 4 heteroatoms. The van der Waals surface area contributed by atoms with Crippen molar-refractivity contribution in [2.45, 2.75) is 20.8 Å². The average Bonchev–Trinajstić information content (AvgIpc) is 2.48. The van der Waals surface area contributed by atoms with Crippen molar-refractivity contribution in [3.63, 3.8) is 0 Å². The van der Waals surface area contributed by atoms with Gasteiger partial charge in [-0.1, -0.05) is 20.8 Å². The van der Waals surface area contributed by atoms with Crippen LogP contribution in [0.1, 0.15) is 20.8 Å². The lowest BCUT2D eigenvalue weighted by molar-refractivity contribution is -0.0174. The van der Waals surface area contributed by atoms with Crippen LogP contribution >= 0.6 is 11.5 Å². The molecule has 0 atom stereocenters. The predicted molar refractivity (Wildman–Crippen MR) is 53.0 cm³/mol. The summed E-state index contributed by atoms with van der Waals surface area (Å²) >= 11 is 1.37. The Balaban J connectivity index is 2.09. The number of hydrogen-bond donors (Lipinski definition) is 0. The number of ether oxygens (including phenoxy) is 2. The fourth-order valence-corrected chi connectivity index (χ4v) is 1.18. The molecular weight excluding hydrogens is 186 g/mol. The van der Waals surface area contributed by atoms with Crippen LogP contribution < -0.4 is 4.74 Å².